The zero-order valence-electron chi connectivity index (χ0n) is 15.7. The molecule has 5 atom stereocenters. The van der Waals surface area contributed by atoms with Crippen LogP contribution in [0.1, 0.15) is 17.2 Å². The maximum atomic E-state index is 10.4. The molecule has 4 N–H and O–H groups in total. The molecule has 0 amide bonds. The van der Waals surface area contributed by atoms with Crippen molar-refractivity contribution in [2.24, 2.45) is 0 Å². The normalized spacial score (nSPS) is 29.3. The van der Waals surface area contributed by atoms with Crippen LogP contribution in [0.15, 0.2) is 42.5 Å². The number of aliphatic hydroxyl groups excluding tert-OH is 4. The highest BCUT2D eigenvalue weighted by molar-refractivity contribution is 6.30. The van der Waals surface area contributed by atoms with Crippen molar-refractivity contribution in [3.63, 3.8) is 0 Å². The molecule has 7 nitrogen and oxygen atoms in total. The average Bonchev–Trinajstić information content (AvgIpc) is 2.72. The average molecular weight is 422 g/mol. The van der Waals surface area contributed by atoms with Crippen LogP contribution in [0, 0.1) is 0 Å². The molecule has 0 saturated carbocycles. The number of rotatable bonds is 4. The Morgan fingerprint density at radius 1 is 1.03 bits per heavy atom. The summed E-state index contributed by atoms with van der Waals surface area (Å²) < 4.78 is 11.5. The summed E-state index contributed by atoms with van der Waals surface area (Å²) in [6.07, 6.45) is -5.96. The van der Waals surface area contributed by atoms with Crippen LogP contribution in [0.3, 0.4) is 0 Å². The van der Waals surface area contributed by atoms with Crippen molar-refractivity contribution in [1.29, 1.82) is 0 Å². The number of halogens is 1. The van der Waals surface area contributed by atoms with Crippen molar-refractivity contribution in [2.45, 2.75) is 37.1 Å². The number of anilines is 1. The Kier molecular flexibility index (Phi) is 5.96. The molecule has 0 radical (unpaired) electrons. The van der Waals surface area contributed by atoms with Gasteiger partial charge in [0, 0.05) is 11.6 Å². The first-order chi connectivity index (χ1) is 14.0. The molecule has 1 saturated heterocycles. The number of nitrogens with zero attached hydrogens (tertiary/aromatic N) is 1. The van der Waals surface area contributed by atoms with Crippen LogP contribution in [0.5, 0.6) is 5.75 Å². The quantitative estimate of drug-likeness (QED) is 0.589. The fourth-order valence-corrected chi connectivity index (χ4v) is 4.08. The molecule has 4 rings (SSSR count). The molecule has 0 bridgehead atoms. The predicted molar refractivity (Wildman–Crippen MR) is 107 cm³/mol. The second-order valence-electron chi connectivity index (χ2n) is 7.38. The molecule has 2 aliphatic heterocycles. The Labute approximate surface area is 173 Å². The highest BCUT2D eigenvalue weighted by Crippen LogP contribution is 2.39. The van der Waals surface area contributed by atoms with Crippen LogP contribution in [0.25, 0.3) is 0 Å². The van der Waals surface area contributed by atoms with Crippen molar-refractivity contribution >= 4 is 17.3 Å². The minimum atomic E-state index is -1.42. The molecule has 8 heteroatoms. The monoisotopic (exact) mass is 421 g/mol. The lowest BCUT2D eigenvalue weighted by atomic mass is 9.91. The second kappa shape index (κ2) is 8.47. The van der Waals surface area contributed by atoms with Crippen molar-refractivity contribution in [2.75, 3.05) is 24.7 Å². The van der Waals surface area contributed by atoms with Gasteiger partial charge < -0.3 is 34.8 Å². The fraction of sp³-hybridized carbons (Fsp3) is 0.429. The lowest BCUT2D eigenvalue weighted by Crippen LogP contribution is -2.55. The Hall–Kier alpha value is -1.87. The molecule has 29 heavy (non-hydrogen) atoms. The molecule has 0 spiro atoms. The summed E-state index contributed by atoms with van der Waals surface area (Å²) in [4.78, 5) is 2.15. The molecule has 1 fully saturated rings. The van der Waals surface area contributed by atoms with Crippen LogP contribution < -0.4 is 9.64 Å². The summed E-state index contributed by atoms with van der Waals surface area (Å²) in [6, 6.07) is 13.1. The van der Waals surface area contributed by atoms with E-state index in [9.17, 15) is 20.4 Å². The summed E-state index contributed by atoms with van der Waals surface area (Å²) in [5, 5.41) is 40.7. The third kappa shape index (κ3) is 4.07. The van der Waals surface area contributed by atoms with E-state index in [2.05, 4.69) is 4.90 Å². The van der Waals surface area contributed by atoms with E-state index < -0.39 is 37.1 Å². The summed E-state index contributed by atoms with van der Waals surface area (Å²) in [5.41, 5.74) is 2.52. The van der Waals surface area contributed by atoms with E-state index in [1.165, 1.54) is 0 Å². The third-order valence-electron chi connectivity index (χ3n) is 5.43. The van der Waals surface area contributed by atoms with Gasteiger partial charge in [-0.2, -0.15) is 0 Å². The number of hydrogen-bond acceptors (Lipinski definition) is 7. The zero-order chi connectivity index (χ0) is 20.5. The SMILES string of the molecule is OC[C@H]1O[C@@H](c2ccc3c(c2)N(Cc2cccc(Cl)c2)CCO3)[C@H](O)[C@@H](O)[C@@H]1O. The second-order valence-corrected chi connectivity index (χ2v) is 7.81. The minimum absolute atomic E-state index is 0.462. The first-order valence-corrected chi connectivity index (χ1v) is 9.92. The molecule has 156 valence electrons. The Morgan fingerprint density at radius 3 is 2.62 bits per heavy atom. The van der Waals surface area contributed by atoms with E-state index in [-0.39, 0.29) is 0 Å². The number of ether oxygens (including phenoxy) is 2. The molecule has 2 aliphatic rings. The first kappa shape index (κ1) is 20.4. The van der Waals surface area contributed by atoms with Crippen LogP contribution in [-0.2, 0) is 11.3 Å². The third-order valence-corrected chi connectivity index (χ3v) is 5.66. The van der Waals surface area contributed by atoms with E-state index in [0.717, 1.165) is 11.3 Å². The minimum Gasteiger partial charge on any atom is -0.490 e. The Balaban J connectivity index is 1.63. The van der Waals surface area contributed by atoms with Crippen LogP contribution >= 0.6 is 11.6 Å². The van der Waals surface area contributed by atoms with Gasteiger partial charge in [-0.1, -0.05) is 29.8 Å². The standard InChI is InChI=1S/C21H24ClNO6/c22-14-3-1-2-12(8-14)10-23-6-7-28-16-5-4-13(9-15(16)23)21-20(27)19(26)18(25)17(11-24)29-21/h1-5,8-9,17-21,24-27H,6-7,10-11H2/t17-,18-,19+,20-,21+/m1/s1. The molecule has 2 heterocycles. The van der Waals surface area contributed by atoms with Gasteiger partial charge in [0.1, 0.15) is 42.9 Å². The molecular weight excluding hydrogens is 398 g/mol. The summed E-state index contributed by atoms with van der Waals surface area (Å²) in [5.74, 6) is 0.714. The molecule has 0 unspecified atom stereocenters. The molecule has 0 aromatic heterocycles. The van der Waals surface area contributed by atoms with Gasteiger partial charge >= 0.3 is 0 Å². The van der Waals surface area contributed by atoms with E-state index >= 15 is 0 Å². The van der Waals surface area contributed by atoms with E-state index in [0.29, 0.717) is 36.0 Å². The van der Waals surface area contributed by atoms with Gasteiger partial charge in [-0.3, -0.25) is 0 Å². The van der Waals surface area contributed by atoms with E-state index in [4.69, 9.17) is 21.1 Å². The van der Waals surface area contributed by atoms with Gasteiger partial charge in [-0.15, -0.1) is 0 Å². The highest BCUT2D eigenvalue weighted by Gasteiger charge is 2.44. The van der Waals surface area contributed by atoms with E-state index in [1.807, 2.05) is 30.3 Å². The number of aliphatic hydroxyl groups is 4. The van der Waals surface area contributed by atoms with Gasteiger partial charge in [0.25, 0.3) is 0 Å². The Morgan fingerprint density at radius 2 is 1.86 bits per heavy atom. The predicted octanol–water partition coefficient (Wildman–Crippen LogP) is 1.25. The molecule has 0 aliphatic carbocycles. The van der Waals surface area contributed by atoms with E-state index in [1.54, 1.807) is 12.1 Å². The smallest absolute Gasteiger partial charge is 0.142 e. The first-order valence-electron chi connectivity index (χ1n) is 9.54. The summed E-state index contributed by atoms with van der Waals surface area (Å²) in [6.45, 7) is 1.40. The molecular formula is C21H24ClNO6. The van der Waals surface area contributed by atoms with Crippen molar-refractivity contribution in [1.82, 2.24) is 0 Å². The van der Waals surface area contributed by atoms with Crippen molar-refractivity contribution in [3.8, 4) is 5.75 Å². The summed E-state index contributed by atoms with van der Waals surface area (Å²) in [7, 11) is 0. The van der Waals surface area contributed by atoms with Gasteiger partial charge in [-0.05, 0) is 35.4 Å². The van der Waals surface area contributed by atoms with Gasteiger partial charge in [0.05, 0.1) is 18.8 Å². The van der Waals surface area contributed by atoms with Gasteiger partial charge in [-0.25, -0.2) is 0 Å². The fourth-order valence-electron chi connectivity index (χ4n) is 3.86. The topological polar surface area (TPSA) is 103 Å². The largest absolute Gasteiger partial charge is 0.490 e. The van der Waals surface area contributed by atoms with Gasteiger partial charge in [0.15, 0.2) is 0 Å². The van der Waals surface area contributed by atoms with Crippen LogP contribution in [-0.4, -0.2) is 64.6 Å². The highest BCUT2D eigenvalue weighted by atomic mass is 35.5. The number of fused-ring (bicyclic) bond motifs is 1. The molecule has 2 aromatic carbocycles. The summed E-state index contributed by atoms with van der Waals surface area (Å²) >= 11 is 6.11. The Bertz CT molecular complexity index is 863. The maximum Gasteiger partial charge on any atom is 0.142 e. The van der Waals surface area contributed by atoms with Crippen LogP contribution in [0.2, 0.25) is 5.02 Å². The van der Waals surface area contributed by atoms with Gasteiger partial charge in [0.2, 0.25) is 0 Å². The number of hydrogen-bond donors (Lipinski definition) is 4. The maximum absolute atomic E-state index is 10.4. The molecule has 2 aromatic rings. The number of benzene rings is 2. The zero-order valence-corrected chi connectivity index (χ0v) is 16.4. The lowest BCUT2D eigenvalue weighted by molar-refractivity contribution is -0.231. The van der Waals surface area contributed by atoms with Crippen molar-refractivity contribution in [3.05, 3.63) is 58.6 Å². The van der Waals surface area contributed by atoms with Crippen molar-refractivity contribution < 1.29 is 29.9 Å². The van der Waals surface area contributed by atoms with Crippen LogP contribution in [0.4, 0.5) is 5.69 Å². The lowest BCUT2D eigenvalue weighted by Gasteiger charge is -2.40.